The van der Waals surface area contributed by atoms with E-state index in [0.717, 1.165) is 0 Å². The summed E-state index contributed by atoms with van der Waals surface area (Å²) in [5, 5.41) is 0. The molecule has 0 aliphatic carbocycles. The van der Waals surface area contributed by atoms with E-state index < -0.39 is 12.6 Å². The molecule has 1 aromatic rings. The minimum absolute atomic E-state index is 0.0337. The monoisotopic (exact) mass is 221 g/mol. The Labute approximate surface area is 84.3 Å². The number of halogens is 3. The van der Waals surface area contributed by atoms with Crippen LogP contribution >= 0.6 is 0 Å². The number of alkyl halides is 3. The largest absolute Gasteiger partial charge is 0.463 e. The second kappa shape index (κ2) is 4.81. The predicted molar refractivity (Wildman–Crippen MR) is 47.2 cm³/mol. The maximum atomic E-state index is 11.7. The Bertz CT molecular complexity index is 299. The van der Waals surface area contributed by atoms with Gasteiger partial charge in [-0.2, -0.15) is 13.2 Å². The third kappa shape index (κ3) is 5.04. The van der Waals surface area contributed by atoms with Gasteiger partial charge in [0.25, 0.3) is 0 Å². The van der Waals surface area contributed by atoms with Crippen LogP contribution in [0, 0.1) is 0 Å². The van der Waals surface area contributed by atoms with Crippen molar-refractivity contribution in [2.24, 2.45) is 0 Å². The van der Waals surface area contributed by atoms with Crippen LogP contribution in [0.5, 0.6) is 6.01 Å². The Morgan fingerprint density at radius 2 is 1.87 bits per heavy atom. The van der Waals surface area contributed by atoms with E-state index >= 15 is 0 Å². The summed E-state index contributed by atoms with van der Waals surface area (Å²) in [6.07, 6.45) is -2.48. The van der Waals surface area contributed by atoms with Gasteiger partial charge in [0.15, 0.2) is 0 Å². The Hall–Kier alpha value is -1.53. The molecule has 0 bridgehead atoms. The Morgan fingerprint density at radius 3 is 2.40 bits per heavy atom. The van der Waals surface area contributed by atoms with Gasteiger partial charge in [0, 0.05) is 6.42 Å². The van der Waals surface area contributed by atoms with E-state index in [-0.39, 0.29) is 19.0 Å². The molecule has 7 heteroatoms. The zero-order valence-corrected chi connectivity index (χ0v) is 7.79. The highest BCUT2D eigenvalue weighted by molar-refractivity contribution is 5.30. The molecule has 0 saturated carbocycles. The molecule has 1 heterocycles. The topological polar surface area (TPSA) is 61.0 Å². The summed E-state index contributed by atoms with van der Waals surface area (Å²) in [5.74, 6) is 0. The maximum Gasteiger partial charge on any atom is 0.389 e. The van der Waals surface area contributed by atoms with Crippen LogP contribution < -0.4 is 10.5 Å². The molecular formula is C8H10F3N3O. The number of nitrogens with two attached hydrogens (primary N) is 1. The zero-order valence-electron chi connectivity index (χ0n) is 7.79. The lowest BCUT2D eigenvalue weighted by Crippen LogP contribution is -2.10. The van der Waals surface area contributed by atoms with Crippen LogP contribution in [-0.2, 0) is 0 Å². The molecule has 0 aliphatic rings. The smallest absolute Gasteiger partial charge is 0.389 e. The van der Waals surface area contributed by atoms with Crippen molar-refractivity contribution in [1.82, 2.24) is 9.97 Å². The van der Waals surface area contributed by atoms with Crippen LogP contribution in [0.3, 0.4) is 0 Å². The van der Waals surface area contributed by atoms with Gasteiger partial charge in [0.2, 0.25) is 0 Å². The van der Waals surface area contributed by atoms with Gasteiger partial charge in [-0.15, -0.1) is 0 Å². The summed E-state index contributed by atoms with van der Waals surface area (Å²) in [5.41, 5.74) is 5.68. The van der Waals surface area contributed by atoms with E-state index in [9.17, 15) is 13.2 Å². The van der Waals surface area contributed by atoms with Crippen LogP contribution in [0.4, 0.5) is 18.9 Å². The number of aromatic nitrogens is 2. The summed E-state index contributed by atoms with van der Waals surface area (Å²) in [6, 6.07) is 0.0337. The predicted octanol–water partition coefficient (Wildman–Crippen LogP) is 1.78. The summed E-state index contributed by atoms with van der Waals surface area (Å²) < 4.78 is 40.1. The highest BCUT2D eigenvalue weighted by atomic mass is 19.4. The molecule has 2 N–H and O–H groups in total. The molecule has 0 unspecified atom stereocenters. The number of anilines is 1. The molecule has 84 valence electrons. The van der Waals surface area contributed by atoms with Crippen molar-refractivity contribution in [2.75, 3.05) is 12.3 Å². The fraction of sp³-hybridized carbons (Fsp3) is 0.500. The van der Waals surface area contributed by atoms with Crippen LogP contribution in [0.1, 0.15) is 12.8 Å². The molecule has 0 spiro atoms. The molecule has 1 rings (SSSR count). The molecule has 0 atom stereocenters. The molecule has 15 heavy (non-hydrogen) atoms. The zero-order chi connectivity index (χ0) is 11.3. The average molecular weight is 221 g/mol. The van der Waals surface area contributed by atoms with Gasteiger partial charge in [-0.3, -0.25) is 0 Å². The van der Waals surface area contributed by atoms with Crippen LogP contribution in [0.25, 0.3) is 0 Å². The van der Waals surface area contributed by atoms with E-state index in [2.05, 4.69) is 9.97 Å². The van der Waals surface area contributed by atoms with Crippen molar-refractivity contribution in [3.63, 3.8) is 0 Å². The number of ether oxygens (including phenoxy) is 1. The molecule has 0 radical (unpaired) electrons. The van der Waals surface area contributed by atoms with Gasteiger partial charge >= 0.3 is 12.2 Å². The lowest BCUT2D eigenvalue weighted by molar-refractivity contribution is -0.136. The van der Waals surface area contributed by atoms with Gasteiger partial charge in [0.1, 0.15) is 0 Å². The van der Waals surface area contributed by atoms with Crippen molar-refractivity contribution >= 4 is 5.69 Å². The van der Waals surface area contributed by atoms with Gasteiger partial charge in [-0.05, 0) is 6.42 Å². The number of rotatable bonds is 4. The van der Waals surface area contributed by atoms with E-state index in [0.29, 0.717) is 5.69 Å². The first-order valence-electron chi connectivity index (χ1n) is 4.24. The minimum atomic E-state index is -4.15. The second-order valence-corrected chi connectivity index (χ2v) is 2.87. The molecule has 0 amide bonds. The van der Waals surface area contributed by atoms with Gasteiger partial charge in [0.05, 0.1) is 24.7 Å². The van der Waals surface area contributed by atoms with Crippen molar-refractivity contribution in [3.8, 4) is 6.01 Å². The number of hydrogen-bond donors (Lipinski definition) is 1. The molecule has 4 nitrogen and oxygen atoms in total. The Kier molecular flexibility index (Phi) is 3.70. The van der Waals surface area contributed by atoms with Crippen molar-refractivity contribution in [3.05, 3.63) is 12.4 Å². The second-order valence-electron chi connectivity index (χ2n) is 2.87. The highest BCUT2D eigenvalue weighted by Crippen LogP contribution is 2.21. The van der Waals surface area contributed by atoms with Crippen LogP contribution in [0.2, 0.25) is 0 Å². The Balaban J connectivity index is 2.23. The van der Waals surface area contributed by atoms with Crippen molar-refractivity contribution in [1.29, 1.82) is 0 Å². The maximum absolute atomic E-state index is 11.7. The number of hydrogen-bond acceptors (Lipinski definition) is 4. The fourth-order valence-electron chi connectivity index (χ4n) is 0.837. The quantitative estimate of drug-likeness (QED) is 0.787. The average Bonchev–Trinajstić information content (AvgIpc) is 2.14. The van der Waals surface area contributed by atoms with Gasteiger partial charge in [-0.25, -0.2) is 9.97 Å². The molecule has 0 aliphatic heterocycles. The summed E-state index contributed by atoms with van der Waals surface area (Å²) >= 11 is 0. The summed E-state index contributed by atoms with van der Waals surface area (Å²) in [6.45, 7) is -0.0660. The highest BCUT2D eigenvalue weighted by Gasteiger charge is 2.26. The molecule has 0 aromatic carbocycles. The summed E-state index contributed by atoms with van der Waals surface area (Å²) in [7, 11) is 0. The lowest BCUT2D eigenvalue weighted by atomic mass is 10.3. The molecule has 1 aromatic heterocycles. The standard InChI is InChI=1S/C8H10F3N3O/c9-8(10,11)2-1-3-15-7-13-4-6(12)5-14-7/h4-5H,1-3,12H2. The number of nitrogen functional groups attached to an aromatic ring is 1. The third-order valence-electron chi connectivity index (χ3n) is 1.48. The SMILES string of the molecule is Nc1cnc(OCCCC(F)(F)F)nc1. The molecular weight excluding hydrogens is 211 g/mol. The summed E-state index contributed by atoms with van der Waals surface area (Å²) in [4.78, 5) is 7.35. The van der Waals surface area contributed by atoms with E-state index in [4.69, 9.17) is 10.5 Å². The van der Waals surface area contributed by atoms with Crippen molar-refractivity contribution in [2.45, 2.75) is 19.0 Å². The molecule has 0 fully saturated rings. The first-order valence-corrected chi connectivity index (χ1v) is 4.24. The van der Waals surface area contributed by atoms with Gasteiger partial charge in [-0.1, -0.05) is 0 Å². The van der Waals surface area contributed by atoms with Crippen LogP contribution in [-0.4, -0.2) is 22.8 Å². The minimum Gasteiger partial charge on any atom is -0.463 e. The Morgan fingerprint density at radius 1 is 1.27 bits per heavy atom. The lowest BCUT2D eigenvalue weighted by Gasteiger charge is -2.06. The first kappa shape index (κ1) is 11.5. The van der Waals surface area contributed by atoms with Crippen molar-refractivity contribution < 1.29 is 17.9 Å². The van der Waals surface area contributed by atoms with Gasteiger partial charge < -0.3 is 10.5 Å². The van der Waals surface area contributed by atoms with E-state index in [1.807, 2.05) is 0 Å². The van der Waals surface area contributed by atoms with Crippen LogP contribution in [0.15, 0.2) is 12.4 Å². The molecule has 0 saturated heterocycles. The van der Waals surface area contributed by atoms with E-state index in [1.165, 1.54) is 12.4 Å². The third-order valence-corrected chi connectivity index (χ3v) is 1.48. The van der Waals surface area contributed by atoms with E-state index in [1.54, 1.807) is 0 Å². The first-order chi connectivity index (χ1) is 6.97. The normalized spacial score (nSPS) is 11.4. The number of nitrogens with zero attached hydrogens (tertiary/aromatic N) is 2. The fourth-order valence-corrected chi connectivity index (χ4v) is 0.837.